The van der Waals surface area contributed by atoms with Crippen molar-refractivity contribution in [1.29, 1.82) is 0 Å². The van der Waals surface area contributed by atoms with E-state index in [4.69, 9.17) is 4.74 Å². The fourth-order valence-electron chi connectivity index (χ4n) is 3.95. The van der Waals surface area contributed by atoms with Crippen LogP contribution in [0.1, 0.15) is 36.6 Å². The summed E-state index contributed by atoms with van der Waals surface area (Å²) >= 11 is 0. The van der Waals surface area contributed by atoms with E-state index in [9.17, 15) is 29.7 Å². The van der Waals surface area contributed by atoms with Crippen molar-refractivity contribution in [2.24, 2.45) is 0 Å². The predicted molar refractivity (Wildman–Crippen MR) is 112 cm³/mol. The smallest absolute Gasteiger partial charge is 0.335 e. The highest BCUT2D eigenvalue weighted by molar-refractivity contribution is 6.29. The lowest BCUT2D eigenvalue weighted by molar-refractivity contribution is 0.0696. The number of nitrogens with zero attached hydrogens (tertiary/aromatic N) is 1. The summed E-state index contributed by atoms with van der Waals surface area (Å²) in [5.74, 6) is -3.58. The summed E-state index contributed by atoms with van der Waals surface area (Å²) in [5.41, 5.74) is 0.268. The average Bonchev–Trinajstić information content (AvgIpc) is 2.96. The van der Waals surface area contributed by atoms with Crippen LogP contribution < -0.4 is 9.64 Å². The second kappa shape index (κ2) is 6.98. The highest BCUT2D eigenvalue weighted by Gasteiger charge is 2.42. The number of phenols is 2. The molecular formula is C24H15NO7. The van der Waals surface area contributed by atoms with Crippen LogP contribution in [-0.2, 0) is 6.54 Å². The van der Waals surface area contributed by atoms with Gasteiger partial charge in [0.2, 0.25) is 17.3 Å². The van der Waals surface area contributed by atoms with Crippen LogP contribution in [-0.4, -0.2) is 32.9 Å². The first kappa shape index (κ1) is 19.4. The largest absolute Gasteiger partial charge is 0.507 e. The zero-order valence-electron chi connectivity index (χ0n) is 16.4. The molecule has 8 heteroatoms. The van der Waals surface area contributed by atoms with Gasteiger partial charge in [-0.1, -0.05) is 18.2 Å². The molecule has 0 amide bonds. The van der Waals surface area contributed by atoms with Gasteiger partial charge in [0.25, 0.3) is 0 Å². The number of phenolic OH excluding ortho intramolecular Hbond substituents is 2. The molecular weight excluding hydrogens is 414 g/mol. The van der Waals surface area contributed by atoms with Crippen LogP contribution in [0.15, 0.2) is 72.1 Å². The lowest BCUT2D eigenvalue weighted by Gasteiger charge is -2.29. The number of ketones is 2. The van der Waals surface area contributed by atoms with Gasteiger partial charge < -0.3 is 25.0 Å². The molecule has 3 aromatic carbocycles. The van der Waals surface area contributed by atoms with Crippen LogP contribution in [0.4, 0.5) is 5.69 Å². The topological polar surface area (TPSA) is 124 Å². The number of anilines is 1. The molecule has 0 saturated heterocycles. The second-order valence-electron chi connectivity index (χ2n) is 7.34. The Labute approximate surface area is 181 Å². The molecule has 32 heavy (non-hydrogen) atoms. The van der Waals surface area contributed by atoms with E-state index in [-0.39, 0.29) is 40.4 Å². The van der Waals surface area contributed by atoms with Crippen LogP contribution in [0.25, 0.3) is 0 Å². The van der Waals surface area contributed by atoms with Crippen molar-refractivity contribution in [1.82, 2.24) is 0 Å². The van der Waals surface area contributed by atoms with E-state index < -0.39 is 29.0 Å². The van der Waals surface area contributed by atoms with Crippen LogP contribution in [0.2, 0.25) is 0 Å². The number of rotatable bonds is 2. The van der Waals surface area contributed by atoms with Gasteiger partial charge >= 0.3 is 5.97 Å². The molecule has 0 fully saturated rings. The van der Waals surface area contributed by atoms with E-state index in [0.717, 1.165) is 12.1 Å². The highest BCUT2D eigenvalue weighted by Crippen LogP contribution is 2.42. The number of aromatic carboxylic acids is 1. The normalized spacial score (nSPS) is 14.8. The molecule has 0 aromatic heterocycles. The minimum absolute atomic E-state index is 0.0245. The number of benzene rings is 3. The zero-order valence-corrected chi connectivity index (χ0v) is 16.4. The maximum atomic E-state index is 13.5. The summed E-state index contributed by atoms with van der Waals surface area (Å²) in [7, 11) is 0. The zero-order chi connectivity index (χ0) is 22.6. The number of Topliss-reactive ketones (excluding diaryl/α,β-unsaturated/α-hetero) is 2. The maximum Gasteiger partial charge on any atom is 0.335 e. The molecule has 2 aliphatic rings. The first-order valence-corrected chi connectivity index (χ1v) is 9.62. The van der Waals surface area contributed by atoms with E-state index in [1.54, 1.807) is 35.2 Å². The molecule has 0 bridgehead atoms. The first-order valence-electron chi connectivity index (χ1n) is 9.62. The summed E-state index contributed by atoms with van der Waals surface area (Å²) in [5, 5.41) is 30.0. The molecule has 0 atom stereocenters. The van der Waals surface area contributed by atoms with Crippen LogP contribution in [0.5, 0.6) is 17.2 Å². The van der Waals surface area contributed by atoms with Crippen molar-refractivity contribution in [3.8, 4) is 17.2 Å². The number of fused-ring (bicyclic) bond motifs is 2. The van der Waals surface area contributed by atoms with Crippen molar-refractivity contribution in [3.63, 3.8) is 0 Å². The summed E-state index contributed by atoms with van der Waals surface area (Å²) < 4.78 is 5.86. The Balaban J connectivity index is 1.77. The third-order valence-electron chi connectivity index (χ3n) is 5.44. The van der Waals surface area contributed by atoms with Gasteiger partial charge in [-0.2, -0.15) is 0 Å². The van der Waals surface area contributed by atoms with Gasteiger partial charge in [0.05, 0.1) is 23.2 Å². The van der Waals surface area contributed by atoms with E-state index in [1.165, 1.54) is 18.2 Å². The molecule has 1 aliphatic carbocycles. The fraction of sp³-hybridized carbons (Fsp3) is 0.0417. The summed E-state index contributed by atoms with van der Waals surface area (Å²) in [6.45, 7) is 0.0350. The summed E-state index contributed by atoms with van der Waals surface area (Å²) in [6, 6.07) is 15.2. The lowest BCUT2D eigenvalue weighted by Crippen LogP contribution is -2.34. The third-order valence-corrected chi connectivity index (χ3v) is 5.44. The van der Waals surface area contributed by atoms with Gasteiger partial charge in [-0.05, 0) is 42.5 Å². The quantitative estimate of drug-likeness (QED) is 0.529. The van der Waals surface area contributed by atoms with Gasteiger partial charge in [-0.15, -0.1) is 0 Å². The molecule has 3 N–H and O–H groups in total. The molecule has 158 valence electrons. The van der Waals surface area contributed by atoms with Gasteiger partial charge in [-0.3, -0.25) is 9.59 Å². The molecule has 0 unspecified atom stereocenters. The Kier molecular flexibility index (Phi) is 4.23. The predicted octanol–water partition coefficient (Wildman–Crippen LogP) is 3.49. The second-order valence-corrected chi connectivity index (χ2v) is 7.34. The Hall–Kier alpha value is -4.59. The molecule has 0 spiro atoms. The van der Waals surface area contributed by atoms with Crippen molar-refractivity contribution >= 4 is 23.2 Å². The molecule has 0 saturated carbocycles. The number of carbonyl (C=O) groups is 3. The summed E-state index contributed by atoms with van der Waals surface area (Å²) in [6.07, 6.45) is 0. The maximum absolute atomic E-state index is 13.5. The van der Waals surface area contributed by atoms with Crippen molar-refractivity contribution in [2.75, 3.05) is 4.90 Å². The molecule has 0 radical (unpaired) electrons. The third kappa shape index (κ3) is 2.81. The highest BCUT2D eigenvalue weighted by atomic mass is 16.5. The average molecular weight is 429 g/mol. The Morgan fingerprint density at radius 3 is 2.19 bits per heavy atom. The van der Waals surface area contributed by atoms with Gasteiger partial charge in [0.15, 0.2) is 0 Å². The summed E-state index contributed by atoms with van der Waals surface area (Å²) in [4.78, 5) is 39.9. The van der Waals surface area contributed by atoms with Crippen LogP contribution in [0.3, 0.4) is 0 Å². The minimum atomic E-state index is -1.13. The number of aromatic hydroxyl groups is 2. The lowest BCUT2D eigenvalue weighted by atomic mass is 9.89. The van der Waals surface area contributed by atoms with E-state index in [0.29, 0.717) is 11.3 Å². The monoisotopic (exact) mass is 429 g/mol. The van der Waals surface area contributed by atoms with E-state index in [2.05, 4.69) is 0 Å². The van der Waals surface area contributed by atoms with Gasteiger partial charge in [0, 0.05) is 11.3 Å². The van der Waals surface area contributed by atoms with Gasteiger partial charge in [-0.25, -0.2) is 4.79 Å². The standard InChI is InChI=1S/C24H15NO7/c26-15-7-8-16(27)19-18(15)21(28)20-23(22(19)29)32-17-9-6-12(24(30)31)10-13(17)11-25(20)14-4-2-1-3-5-14/h1-10,26-27H,11H2,(H,30,31). The van der Waals surface area contributed by atoms with Crippen LogP contribution in [0, 0.1) is 0 Å². The number of ether oxygens (including phenoxy) is 1. The molecule has 5 rings (SSSR count). The van der Waals surface area contributed by atoms with E-state index in [1.807, 2.05) is 0 Å². The number of para-hydroxylation sites is 1. The molecule has 8 nitrogen and oxygen atoms in total. The van der Waals surface area contributed by atoms with E-state index >= 15 is 0 Å². The number of carboxylic acid groups (broad SMARTS) is 1. The molecule has 1 aliphatic heterocycles. The van der Waals surface area contributed by atoms with Crippen molar-refractivity contribution in [3.05, 3.63) is 94.4 Å². The first-order chi connectivity index (χ1) is 15.4. The molecule has 1 heterocycles. The Bertz CT molecular complexity index is 1360. The number of carboxylic acids is 1. The molecule has 3 aromatic rings. The fourth-order valence-corrected chi connectivity index (χ4v) is 3.95. The number of carbonyl (C=O) groups excluding carboxylic acids is 2. The van der Waals surface area contributed by atoms with Crippen molar-refractivity contribution < 1.29 is 34.4 Å². The van der Waals surface area contributed by atoms with Crippen molar-refractivity contribution in [2.45, 2.75) is 6.54 Å². The Morgan fingerprint density at radius 2 is 1.53 bits per heavy atom. The number of hydrogen-bond acceptors (Lipinski definition) is 7. The van der Waals surface area contributed by atoms with Gasteiger partial charge in [0.1, 0.15) is 22.9 Å². The number of hydrogen-bond donors (Lipinski definition) is 3. The van der Waals surface area contributed by atoms with Crippen LogP contribution >= 0.6 is 0 Å². The number of allylic oxidation sites excluding steroid dienone is 2. The minimum Gasteiger partial charge on any atom is -0.507 e. The SMILES string of the molecule is O=C(O)c1ccc2c(c1)CN(c1ccccc1)C1=C(O2)C(=O)c2c(O)ccc(O)c2C1=O. The Morgan fingerprint density at radius 1 is 0.875 bits per heavy atom.